The zero-order chi connectivity index (χ0) is 61.1. The molecule has 18 nitrogen and oxygen atoms in total. The zero-order valence-electron chi connectivity index (χ0n) is 46.8. The van der Waals surface area contributed by atoms with E-state index in [1.807, 2.05) is 81.4 Å². The van der Waals surface area contributed by atoms with Gasteiger partial charge in [-0.2, -0.15) is 0 Å². The third kappa shape index (κ3) is 15.2. The number of aliphatic hydroxyl groups is 1. The summed E-state index contributed by atoms with van der Waals surface area (Å²) in [6, 6.07) is 43.8. The van der Waals surface area contributed by atoms with Crippen molar-refractivity contribution in [3.63, 3.8) is 0 Å². The molecule has 12 rings (SSSR count). The number of aromatic nitrogens is 6. The lowest BCUT2D eigenvalue weighted by molar-refractivity contribution is 0.101. The predicted octanol–water partition coefficient (Wildman–Crippen LogP) is 16.5. The highest BCUT2D eigenvalue weighted by molar-refractivity contribution is 7.23. The highest BCUT2D eigenvalue weighted by atomic mass is 35.5. The van der Waals surface area contributed by atoms with Crippen LogP contribution in [0.3, 0.4) is 0 Å². The third-order valence-electron chi connectivity index (χ3n) is 12.7. The molecule has 0 spiro atoms. The van der Waals surface area contributed by atoms with Crippen molar-refractivity contribution >= 4 is 167 Å². The number of ether oxygens (including phenoxy) is 2. The molecule has 6 aromatic carbocycles. The van der Waals surface area contributed by atoms with Crippen molar-refractivity contribution in [2.24, 2.45) is 0 Å². The van der Waals surface area contributed by atoms with E-state index in [0.717, 1.165) is 53.0 Å². The molecule has 0 radical (unpaired) electrons. The van der Waals surface area contributed by atoms with Gasteiger partial charge >= 0.3 is 0 Å². The number of aliphatic hydroxyl groups excluding tert-OH is 1. The number of methoxy groups -OCH3 is 2. The number of nitrogens with one attached hydrogen (secondary N) is 6. The molecule has 3 amide bonds. The summed E-state index contributed by atoms with van der Waals surface area (Å²) in [5.74, 6) is 1.21. The van der Waals surface area contributed by atoms with E-state index < -0.39 is 0 Å². The Bertz CT molecular complexity index is 4480. The van der Waals surface area contributed by atoms with Gasteiger partial charge in [0.25, 0.3) is 17.7 Å². The van der Waals surface area contributed by atoms with E-state index in [1.165, 1.54) is 48.2 Å². The molecule has 0 atom stereocenters. The maximum Gasteiger partial charge on any atom is 0.261 e. The van der Waals surface area contributed by atoms with E-state index in [1.54, 1.807) is 97.5 Å². The number of thiazole rings is 3. The highest BCUT2D eigenvalue weighted by Gasteiger charge is 2.20. The second kappa shape index (κ2) is 27.8. The minimum absolute atomic E-state index is 0.234. The molecular formula is C63H51Cl3N12O6S3. The van der Waals surface area contributed by atoms with Crippen molar-refractivity contribution in [1.29, 1.82) is 0 Å². The fourth-order valence-corrected chi connectivity index (χ4v) is 12.0. The van der Waals surface area contributed by atoms with E-state index in [0.29, 0.717) is 93.0 Å². The summed E-state index contributed by atoms with van der Waals surface area (Å²) in [6.45, 7) is 5.83. The van der Waals surface area contributed by atoms with Crippen LogP contribution in [-0.4, -0.2) is 67.0 Å². The first-order valence-corrected chi connectivity index (χ1v) is 30.0. The Labute approximate surface area is 525 Å². The Morgan fingerprint density at radius 2 is 0.908 bits per heavy atom. The minimum atomic E-state index is -0.334. The largest absolute Gasteiger partial charge is 0.493 e. The number of carbonyl (C=O) groups is 3. The first-order valence-electron chi connectivity index (χ1n) is 26.4. The number of pyridine rings is 3. The molecule has 6 heterocycles. The van der Waals surface area contributed by atoms with Crippen molar-refractivity contribution in [1.82, 2.24) is 29.9 Å². The van der Waals surface area contributed by atoms with Gasteiger partial charge in [-0.1, -0.05) is 87.0 Å². The number of anilines is 9. The molecule has 0 fully saturated rings. The SMILES string of the molecule is COc1cc(Nc2ncccc2C(=O)Nc2nc3ccc(C)cc3s2)cc(CO)c1OC.Cc1ccc2nc(NC(=O)c3cccnc3Nc3ccc(Cl)cc3)sc2c1.Cc1ccc2nc(NC(=O)c3cccnc3Nc3ccc(Cl)cc3Cl)sc2c1. The van der Waals surface area contributed by atoms with Crippen LogP contribution in [0.25, 0.3) is 30.6 Å². The van der Waals surface area contributed by atoms with E-state index in [2.05, 4.69) is 67.9 Å². The Balaban J connectivity index is 0.000000145. The average molecular weight is 1270 g/mol. The van der Waals surface area contributed by atoms with Gasteiger partial charge in [0.2, 0.25) is 0 Å². The number of amides is 3. The van der Waals surface area contributed by atoms with Crippen LogP contribution in [0.4, 0.5) is 49.9 Å². The minimum Gasteiger partial charge on any atom is -0.493 e. The van der Waals surface area contributed by atoms with Crippen molar-refractivity contribution in [3.8, 4) is 11.5 Å². The molecule has 0 unspecified atom stereocenters. The number of halogens is 3. The normalized spacial score (nSPS) is 10.8. The molecule has 12 aromatic rings. The summed E-state index contributed by atoms with van der Waals surface area (Å²) < 4.78 is 13.8. The molecule has 0 aliphatic carbocycles. The summed E-state index contributed by atoms with van der Waals surface area (Å²) in [5.41, 5.74) is 9.69. The van der Waals surface area contributed by atoms with Crippen molar-refractivity contribution in [3.05, 3.63) is 218 Å². The lowest BCUT2D eigenvalue weighted by atomic mass is 10.1. The maximum atomic E-state index is 13.0. The third-order valence-corrected chi connectivity index (χ3v) is 16.3. The van der Waals surface area contributed by atoms with Crippen LogP contribution in [0.2, 0.25) is 15.1 Å². The molecule has 0 aliphatic rings. The number of hydrogen-bond donors (Lipinski definition) is 7. The van der Waals surface area contributed by atoms with Crippen LogP contribution >= 0.6 is 68.8 Å². The lowest BCUT2D eigenvalue weighted by Gasteiger charge is -2.15. The summed E-state index contributed by atoms with van der Waals surface area (Å²) >= 11 is 22.4. The molecule has 7 N–H and O–H groups in total. The quantitative estimate of drug-likeness (QED) is 0.0505. The van der Waals surface area contributed by atoms with Crippen molar-refractivity contribution < 1.29 is 29.0 Å². The number of aryl methyl sites for hydroxylation is 3. The molecule has 0 saturated heterocycles. The number of hydrogen-bond acceptors (Lipinski definition) is 18. The lowest BCUT2D eigenvalue weighted by Crippen LogP contribution is -2.14. The first kappa shape index (κ1) is 60.8. The first-order chi connectivity index (χ1) is 42.1. The number of fused-ring (bicyclic) bond motifs is 3. The summed E-state index contributed by atoms with van der Waals surface area (Å²) in [6.07, 6.45) is 4.83. The molecule has 0 saturated carbocycles. The number of nitrogens with zero attached hydrogens (tertiary/aromatic N) is 6. The molecule has 438 valence electrons. The van der Waals surface area contributed by atoms with E-state index in [9.17, 15) is 19.5 Å². The molecule has 6 aromatic heterocycles. The Morgan fingerprint density at radius 3 is 1.32 bits per heavy atom. The molecule has 0 bridgehead atoms. The number of benzene rings is 6. The zero-order valence-corrected chi connectivity index (χ0v) is 51.5. The van der Waals surface area contributed by atoms with Gasteiger partial charge in [-0.25, -0.2) is 29.9 Å². The van der Waals surface area contributed by atoms with Crippen LogP contribution in [0.1, 0.15) is 53.3 Å². The number of rotatable bonds is 15. The monoisotopic (exact) mass is 1270 g/mol. The fraction of sp³-hybridized carbons (Fsp3) is 0.0952. The second-order valence-corrected chi connectivity index (χ2v) is 23.4. The highest BCUT2D eigenvalue weighted by Crippen LogP contribution is 2.37. The van der Waals surface area contributed by atoms with Gasteiger partial charge in [0.15, 0.2) is 26.9 Å². The van der Waals surface area contributed by atoms with Crippen LogP contribution in [-0.2, 0) is 6.61 Å². The Kier molecular flexibility index (Phi) is 19.4. The Morgan fingerprint density at radius 1 is 0.483 bits per heavy atom. The van der Waals surface area contributed by atoms with E-state index in [-0.39, 0.29) is 24.3 Å². The standard InChI is InChI=1S/C23H22N4O4S.C20H14Cl2N4OS.C20H15ClN4OS/c1-13-6-7-17-19(9-13)32-23(26-17)27-22(29)16-5-4-8-24-21(16)25-15-10-14(12-28)20(31-3)18(11-15)30-2;1-11-4-6-16-17(9-11)28-20(25-16)26-19(27)13-3-2-8-23-18(13)24-15-7-5-12(21)10-14(15)22;1-12-4-9-16-17(11-12)27-20(24-16)25-19(26)15-3-2-10-22-18(15)23-14-7-5-13(21)6-8-14/h4-11,28H,12H2,1-3H3,(H,24,25)(H,26,27,29);2-10H,1H3,(H,23,24)(H,25,26,27);2-11H,1H3,(H,22,23)(H,24,25,26). The van der Waals surface area contributed by atoms with Gasteiger partial charge in [-0.3, -0.25) is 30.3 Å². The second-order valence-electron chi connectivity index (χ2n) is 19.1. The summed E-state index contributed by atoms with van der Waals surface area (Å²) in [4.78, 5) is 64.9. The van der Waals surface area contributed by atoms with Gasteiger partial charge in [-0.15, -0.1) is 0 Å². The van der Waals surface area contributed by atoms with Gasteiger partial charge in [0.05, 0.1) is 78.9 Å². The van der Waals surface area contributed by atoms with E-state index in [4.69, 9.17) is 44.3 Å². The fourth-order valence-electron chi connectivity index (χ4n) is 8.57. The predicted molar refractivity (Wildman–Crippen MR) is 353 cm³/mol. The van der Waals surface area contributed by atoms with Gasteiger partial charge in [-0.05, 0) is 159 Å². The van der Waals surface area contributed by atoms with Crippen LogP contribution < -0.4 is 41.4 Å². The van der Waals surface area contributed by atoms with Crippen LogP contribution in [0.5, 0.6) is 11.5 Å². The van der Waals surface area contributed by atoms with Crippen molar-refractivity contribution in [2.45, 2.75) is 27.4 Å². The molecular weight excluding hydrogens is 1220 g/mol. The Hall–Kier alpha value is -9.32. The maximum absolute atomic E-state index is 13.0. The van der Waals surface area contributed by atoms with Crippen LogP contribution in [0.15, 0.2) is 164 Å². The van der Waals surface area contributed by atoms with Gasteiger partial charge in [0.1, 0.15) is 17.5 Å². The summed E-state index contributed by atoms with van der Waals surface area (Å²) in [7, 11) is 3.02. The topological polar surface area (TPSA) is 239 Å². The number of carbonyl (C=O) groups excluding carboxylic acids is 3. The smallest absolute Gasteiger partial charge is 0.261 e. The van der Waals surface area contributed by atoms with Gasteiger partial charge < -0.3 is 30.5 Å². The van der Waals surface area contributed by atoms with Crippen molar-refractivity contribution in [2.75, 3.05) is 46.1 Å². The average Bonchev–Trinajstić information content (AvgIpc) is 3.85. The van der Waals surface area contributed by atoms with E-state index >= 15 is 0 Å². The van der Waals surface area contributed by atoms with Gasteiger partial charge in [0, 0.05) is 51.6 Å². The molecule has 24 heteroatoms. The van der Waals surface area contributed by atoms with Crippen LogP contribution in [0, 0.1) is 20.8 Å². The molecule has 87 heavy (non-hydrogen) atoms. The molecule has 0 aliphatic heterocycles. The summed E-state index contributed by atoms with van der Waals surface area (Å²) in [5, 5.41) is 30.9.